The SMILES string of the molecule is CCCNCC1CCN(Cc2cc(Cl)ccc2OC)CC1. The minimum atomic E-state index is 0.782. The molecule has 0 aliphatic carbocycles. The highest BCUT2D eigenvalue weighted by atomic mass is 35.5. The largest absolute Gasteiger partial charge is 0.496 e. The van der Waals surface area contributed by atoms with Crippen molar-refractivity contribution in [3.63, 3.8) is 0 Å². The Kier molecular flexibility index (Phi) is 6.81. The normalized spacial score (nSPS) is 17.1. The molecule has 3 nitrogen and oxygen atoms in total. The second kappa shape index (κ2) is 8.62. The van der Waals surface area contributed by atoms with Gasteiger partial charge in [0.15, 0.2) is 0 Å². The molecule has 0 aromatic heterocycles. The Labute approximate surface area is 133 Å². The number of hydrogen-bond donors (Lipinski definition) is 1. The second-order valence-corrected chi connectivity index (χ2v) is 6.32. The third kappa shape index (κ3) is 5.17. The Hall–Kier alpha value is -0.770. The molecule has 1 saturated heterocycles. The van der Waals surface area contributed by atoms with Gasteiger partial charge in [0, 0.05) is 17.1 Å². The fourth-order valence-corrected chi connectivity index (χ4v) is 3.14. The van der Waals surface area contributed by atoms with Gasteiger partial charge in [-0.3, -0.25) is 4.90 Å². The number of benzene rings is 1. The first-order valence-corrected chi connectivity index (χ1v) is 8.36. The van der Waals surface area contributed by atoms with Crippen molar-refractivity contribution in [1.29, 1.82) is 0 Å². The first kappa shape index (κ1) is 16.6. The third-order valence-electron chi connectivity index (χ3n) is 4.20. The molecule has 0 spiro atoms. The van der Waals surface area contributed by atoms with Gasteiger partial charge in [-0.1, -0.05) is 18.5 Å². The number of ether oxygens (including phenoxy) is 1. The van der Waals surface area contributed by atoms with Crippen molar-refractivity contribution in [1.82, 2.24) is 10.2 Å². The molecule has 0 amide bonds. The zero-order valence-corrected chi connectivity index (χ0v) is 14.0. The van der Waals surface area contributed by atoms with E-state index in [1.54, 1.807) is 7.11 Å². The Bertz CT molecular complexity index is 431. The molecule has 2 rings (SSSR count). The van der Waals surface area contributed by atoms with Gasteiger partial charge in [0.2, 0.25) is 0 Å². The molecule has 4 heteroatoms. The van der Waals surface area contributed by atoms with Gasteiger partial charge in [-0.25, -0.2) is 0 Å². The van der Waals surface area contributed by atoms with Crippen molar-refractivity contribution in [2.75, 3.05) is 33.3 Å². The fraction of sp³-hybridized carbons (Fsp3) is 0.647. The van der Waals surface area contributed by atoms with Crippen molar-refractivity contribution in [2.45, 2.75) is 32.7 Å². The van der Waals surface area contributed by atoms with Crippen LogP contribution in [-0.2, 0) is 6.54 Å². The van der Waals surface area contributed by atoms with E-state index in [0.717, 1.165) is 42.9 Å². The van der Waals surface area contributed by atoms with Crippen LogP contribution < -0.4 is 10.1 Å². The molecule has 0 radical (unpaired) electrons. The highest BCUT2D eigenvalue weighted by Crippen LogP contribution is 2.26. The van der Waals surface area contributed by atoms with Crippen LogP contribution >= 0.6 is 11.6 Å². The monoisotopic (exact) mass is 310 g/mol. The third-order valence-corrected chi connectivity index (χ3v) is 4.44. The van der Waals surface area contributed by atoms with Crippen molar-refractivity contribution >= 4 is 11.6 Å². The van der Waals surface area contributed by atoms with Crippen LogP contribution in [0.25, 0.3) is 0 Å². The molecule has 1 fully saturated rings. The molecule has 118 valence electrons. The van der Waals surface area contributed by atoms with E-state index in [1.165, 1.54) is 31.4 Å². The zero-order valence-electron chi connectivity index (χ0n) is 13.2. The molecule has 0 unspecified atom stereocenters. The van der Waals surface area contributed by atoms with E-state index in [1.807, 2.05) is 18.2 Å². The Morgan fingerprint density at radius 3 is 2.76 bits per heavy atom. The average Bonchev–Trinajstić information content (AvgIpc) is 2.50. The van der Waals surface area contributed by atoms with Gasteiger partial charge in [-0.15, -0.1) is 0 Å². The number of piperidine rings is 1. The Balaban J connectivity index is 1.82. The predicted molar refractivity (Wildman–Crippen MR) is 89.2 cm³/mol. The highest BCUT2D eigenvalue weighted by Gasteiger charge is 2.19. The minimum absolute atomic E-state index is 0.782. The maximum Gasteiger partial charge on any atom is 0.123 e. The number of nitrogens with one attached hydrogen (secondary N) is 1. The molecule has 1 aliphatic heterocycles. The van der Waals surface area contributed by atoms with Crippen LogP contribution in [0.3, 0.4) is 0 Å². The van der Waals surface area contributed by atoms with E-state index in [0.29, 0.717) is 0 Å². The second-order valence-electron chi connectivity index (χ2n) is 5.88. The van der Waals surface area contributed by atoms with Crippen molar-refractivity contribution in [3.05, 3.63) is 28.8 Å². The average molecular weight is 311 g/mol. The van der Waals surface area contributed by atoms with Crippen molar-refractivity contribution < 1.29 is 4.74 Å². The number of nitrogens with zero attached hydrogens (tertiary/aromatic N) is 1. The van der Waals surface area contributed by atoms with Crippen LogP contribution in [-0.4, -0.2) is 38.2 Å². The molecule has 1 aromatic carbocycles. The van der Waals surface area contributed by atoms with E-state index in [-0.39, 0.29) is 0 Å². The Morgan fingerprint density at radius 1 is 1.33 bits per heavy atom. The lowest BCUT2D eigenvalue weighted by Crippen LogP contribution is -2.37. The maximum absolute atomic E-state index is 6.10. The number of hydrogen-bond acceptors (Lipinski definition) is 3. The molecular weight excluding hydrogens is 284 g/mol. The summed E-state index contributed by atoms with van der Waals surface area (Å²) in [5.41, 5.74) is 1.19. The van der Waals surface area contributed by atoms with Crippen LogP contribution in [0.1, 0.15) is 31.7 Å². The van der Waals surface area contributed by atoms with Crippen LogP contribution in [0.15, 0.2) is 18.2 Å². The van der Waals surface area contributed by atoms with E-state index >= 15 is 0 Å². The number of likely N-dealkylation sites (tertiary alicyclic amines) is 1. The first-order chi connectivity index (χ1) is 10.2. The molecule has 0 saturated carbocycles. The summed E-state index contributed by atoms with van der Waals surface area (Å²) in [5.74, 6) is 1.76. The highest BCUT2D eigenvalue weighted by molar-refractivity contribution is 6.30. The van der Waals surface area contributed by atoms with Crippen molar-refractivity contribution in [2.24, 2.45) is 5.92 Å². The zero-order chi connectivity index (χ0) is 15.1. The summed E-state index contributed by atoms with van der Waals surface area (Å²) in [5, 5.41) is 4.32. The van der Waals surface area contributed by atoms with E-state index in [4.69, 9.17) is 16.3 Å². The summed E-state index contributed by atoms with van der Waals surface area (Å²) < 4.78 is 5.43. The number of halogens is 1. The number of methoxy groups -OCH3 is 1. The molecule has 1 aliphatic rings. The van der Waals surface area contributed by atoms with Crippen molar-refractivity contribution in [3.8, 4) is 5.75 Å². The van der Waals surface area contributed by atoms with Gasteiger partial charge < -0.3 is 10.1 Å². The van der Waals surface area contributed by atoms with Gasteiger partial charge in [0.05, 0.1) is 7.11 Å². The summed E-state index contributed by atoms with van der Waals surface area (Å²) >= 11 is 6.10. The Morgan fingerprint density at radius 2 is 2.10 bits per heavy atom. The lowest BCUT2D eigenvalue weighted by Gasteiger charge is -2.32. The standard InChI is InChI=1S/C17H27ClN2O/c1-3-8-19-12-14-6-9-20(10-7-14)13-15-11-16(18)4-5-17(15)21-2/h4-5,11,14,19H,3,6-10,12-13H2,1-2H3. The molecule has 21 heavy (non-hydrogen) atoms. The van der Waals surface area contributed by atoms with Gasteiger partial charge in [0.25, 0.3) is 0 Å². The predicted octanol–water partition coefficient (Wildman–Crippen LogP) is 3.56. The van der Waals surface area contributed by atoms with E-state index < -0.39 is 0 Å². The van der Waals surface area contributed by atoms with Crippen LogP contribution in [0.2, 0.25) is 5.02 Å². The first-order valence-electron chi connectivity index (χ1n) is 7.98. The lowest BCUT2D eigenvalue weighted by molar-refractivity contribution is 0.174. The van der Waals surface area contributed by atoms with E-state index in [9.17, 15) is 0 Å². The smallest absolute Gasteiger partial charge is 0.123 e. The summed E-state index contributed by atoms with van der Waals surface area (Å²) in [4.78, 5) is 2.50. The maximum atomic E-state index is 6.10. The molecule has 0 atom stereocenters. The van der Waals surface area contributed by atoms with Crippen LogP contribution in [0, 0.1) is 5.92 Å². The van der Waals surface area contributed by atoms with E-state index in [2.05, 4.69) is 17.1 Å². The summed E-state index contributed by atoms with van der Waals surface area (Å²) in [6.45, 7) is 7.77. The molecular formula is C17H27ClN2O. The quantitative estimate of drug-likeness (QED) is 0.779. The molecule has 1 heterocycles. The van der Waals surface area contributed by atoms with Gasteiger partial charge in [-0.2, -0.15) is 0 Å². The summed E-state index contributed by atoms with van der Waals surface area (Å²) in [7, 11) is 1.72. The molecule has 1 aromatic rings. The topological polar surface area (TPSA) is 24.5 Å². The number of rotatable bonds is 7. The van der Waals surface area contributed by atoms with Gasteiger partial charge in [-0.05, 0) is 69.6 Å². The summed E-state index contributed by atoms with van der Waals surface area (Å²) in [6.07, 6.45) is 3.77. The molecule has 1 N–H and O–H groups in total. The van der Waals surface area contributed by atoms with Crippen LogP contribution in [0.4, 0.5) is 0 Å². The molecule has 0 bridgehead atoms. The van der Waals surface area contributed by atoms with Gasteiger partial charge in [0.1, 0.15) is 5.75 Å². The minimum Gasteiger partial charge on any atom is -0.496 e. The van der Waals surface area contributed by atoms with Gasteiger partial charge >= 0.3 is 0 Å². The fourth-order valence-electron chi connectivity index (χ4n) is 2.94. The lowest BCUT2D eigenvalue weighted by atomic mass is 9.96. The van der Waals surface area contributed by atoms with Crippen LogP contribution in [0.5, 0.6) is 5.75 Å². The summed E-state index contributed by atoms with van der Waals surface area (Å²) in [6, 6.07) is 5.86.